The van der Waals surface area contributed by atoms with Crippen molar-refractivity contribution in [2.45, 2.75) is 38.6 Å². The maximum absolute atomic E-state index is 11.4. The molecule has 0 saturated carbocycles. The van der Waals surface area contributed by atoms with Crippen LogP contribution < -0.4 is 5.32 Å². The van der Waals surface area contributed by atoms with Gasteiger partial charge in [-0.2, -0.15) is 0 Å². The van der Waals surface area contributed by atoms with E-state index >= 15 is 0 Å². The number of hydrogen-bond acceptors (Lipinski definition) is 4. The van der Waals surface area contributed by atoms with Crippen molar-refractivity contribution < 1.29 is 8.42 Å². The lowest BCUT2D eigenvalue weighted by Crippen LogP contribution is -2.49. The number of rotatable bonds is 6. The van der Waals surface area contributed by atoms with Crippen LogP contribution in [0.15, 0.2) is 48.0 Å². The standard InChI is InChI=1S/C21H31N5O2S.HI/c1-4-23-21(24-13-18-5-7-19(8-6-18)15-29(3,27)28)25-11-9-17(2)20(14-25)26-12-10-22-16-26;/h5-8,10,12,16-17,20H,4,9,11,13-15H2,1-3H3,(H,23,24);1H. The molecule has 0 bridgehead atoms. The number of hydrogen-bond donors (Lipinski definition) is 1. The summed E-state index contributed by atoms with van der Waals surface area (Å²) in [7, 11) is -3.02. The van der Waals surface area contributed by atoms with E-state index in [9.17, 15) is 8.42 Å². The Morgan fingerprint density at radius 3 is 2.57 bits per heavy atom. The lowest BCUT2D eigenvalue weighted by atomic mass is 9.93. The highest BCUT2D eigenvalue weighted by Crippen LogP contribution is 2.27. The molecule has 1 fully saturated rings. The Balaban J connectivity index is 0.00000320. The number of likely N-dealkylation sites (tertiary alicyclic amines) is 1. The van der Waals surface area contributed by atoms with Gasteiger partial charge in [-0.1, -0.05) is 31.2 Å². The summed E-state index contributed by atoms with van der Waals surface area (Å²) in [6, 6.07) is 8.04. The van der Waals surface area contributed by atoms with Crippen molar-refractivity contribution in [3.8, 4) is 0 Å². The van der Waals surface area contributed by atoms with Crippen LogP contribution >= 0.6 is 24.0 Å². The number of piperidine rings is 1. The first-order valence-corrected chi connectivity index (χ1v) is 12.2. The quantitative estimate of drug-likeness (QED) is 0.343. The fraction of sp³-hybridized carbons (Fsp3) is 0.524. The van der Waals surface area contributed by atoms with Gasteiger partial charge in [-0.15, -0.1) is 24.0 Å². The molecule has 1 saturated heterocycles. The van der Waals surface area contributed by atoms with Crippen molar-refractivity contribution in [3.05, 3.63) is 54.1 Å². The molecule has 2 atom stereocenters. The van der Waals surface area contributed by atoms with Crippen LogP contribution in [0.5, 0.6) is 0 Å². The molecule has 3 rings (SSSR count). The normalized spacial score (nSPS) is 20.0. The first kappa shape index (κ1) is 24.6. The van der Waals surface area contributed by atoms with Crippen molar-refractivity contribution in [1.29, 1.82) is 0 Å². The Bertz CT molecular complexity index is 913. The van der Waals surface area contributed by atoms with E-state index < -0.39 is 9.84 Å². The molecule has 1 aromatic carbocycles. The van der Waals surface area contributed by atoms with Crippen molar-refractivity contribution in [3.63, 3.8) is 0 Å². The maximum Gasteiger partial charge on any atom is 0.194 e. The predicted molar refractivity (Wildman–Crippen MR) is 132 cm³/mol. The van der Waals surface area contributed by atoms with Gasteiger partial charge in [-0.3, -0.25) is 0 Å². The Hall–Kier alpha value is -1.62. The SMILES string of the molecule is CCNC(=NCc1ccc(CS(C)(=O)=O)cc1)N1CCC(C)C(n2ccnc2)C1.I. The molecule has 0 amide bonds. The summed E-state index contributed by atoms with van der Waals surface area (Å²) in [6.07, 6.45) is 8.12. The molecule has 2 heterocycles. The number of halogens is 1. The molecule has 1 aliphatic rings. The van der Waals surface area contributed by atoms with E-state index in [4.69, 9.17) is 4.99 Å². The second-order valence-electron chi connectivity index (χ2n) is 7.85. The highest BCUT2D eigenvalue weighted by atomic mass is 127. The molecule has 1 aromatic heterocycles. The van der Waals surface area contributed by atoms with Crippen LogP contribution in [0.25, 0.3) is 0 Å². The molecule has 2 unspecified atom stereocenters. The van der Waals surface area contributed by atoms with E-state index in [2.05, 4.69) is 33.6 Å². The summed E-state index contributed by atoms with van der Waals surface area (Å²) >= 11 is 0. The van der Waals surface area contributed by atoms with Crippen LogP contribution in [0.4, 0.5) is 0 Å². The summed E-state index contributed by atoms with van der Waals surface area (Å²) in [5.74, 6) is 1.58. The third kappa shape index (κ3) is 6.97. The summed E-state index contributed by atoms with van der Waals surface area (Å²) in [5.41, 5.74) is 1.87. The van der Waals surface area contributed by atoms with Gasteiger partial charge in [0.2, 0.25) is 0 Å². The van der Waals surface area contributed by atoms with Crippen LogP contribution in [0.3, 0.4) is 0 Å². The van der Waals surface area contributed by atoms with Crippen molar-refractivity contribution in [1.82, 2.24) is 19.8 Å². The molecule has 166 valence electrons. The highest BCUT2D eigenvalue weighted by Gasteiger charge is 2.28. The minimum Gasteiger partial charge on any atom is -0.357 e. The van der Waals surface area contributed by atoms with E-state index in [-0.39, 0.29) is 29.7 Å². The lowest BCUT2D eigenvalue weighted by molar-refractivity contribution is 0.189. The maximum atomic E-state index is 11.4. The van der Waals surface area contributed by atoms with Crippen molar-refractivity contribution >= 4 is 39.8 Å². The third-order valence-electron chi connectivity index (χ3n) is 5.32. The Morgan fingerprint density at radius 1 is 1.27 bits per heavy atom. The zero-order chi connectivity index (χ0) is 20.9. The number of nitrogens with zero attached hydrogens (tertiary/aromatic N) is 4. The molecule has 1 N–H and O–H groups in total. The molecule has 0 aliphatic carbocycles. The fourth-order valence-electron chi connectivity index (χ4n) is 3.73. The number of aliphatic imine (C=N–C) groups is 1. The molecule has 9 heteroatoms. The van der Waals surface area contributed by atoms with Gasteiger partial charge in [-0.25, -0.2) is 18.4 Å². The topological polar surface area (TPSA) is 79.6 Å². The zero-order valence-corrected chi connectivity index (χ0v) is 21.0. The van der Waals surface area contributed by atoms with E-state index in [1.807, 2.05) is 43.0 Å². The van der Waals surface area contributed by atoms with E-state index in [0.717, 1.165) is 43.1 Å². The van der Waals surface area contributed by atoms with Gasteiger partial charge in [-0.05, 0) is 30.4 Å². The van der Waals surface area contributed by atoms with E-state index in [1.54, 1.807) is 0 Å². The molecule has 2 aromatic rings. The number of sulfone groups is 1. The minimum atomic E-state index is -3.02. The number of imidazole rings is 1. The minimum absolute atomic E-state index is 0. The van der Waals surface area contributed by atoms with E-state index in [0.29, 0.717) is 18.5 Å². The van der Waals surface area contributed by atoms with Gasteiger partial charge in [0, 0.05) is 38.3 Å². The third-order valence-corrected chi connectivity index (χ3v) is 6.18. The Morgan fingerprint density at radius 2 is 1.97 bits per heavy atom. The summed E-state index contributed by atoms with van der Waals surface area (Å²) < 4.78 is 25.1. The van der Waals surface area contributed by atoms with Gasteiger partial charge < -0.3 is 14.8 Å². The van der Waals surface area contributed by atoms with Crippen LogP contribution in [0.1, 0.15) is 37.4 Å². The van der Waals surface area contributed by atoms with Crippen LogP contribution in [0, 0.1) is 5.92 Å². The number of nitrogens with one attached hydrogen (secondary N) is 1. The zero-order valence-electron chi connectivity index (χ0n) is 17.9. The Labute approximate surface area is 196 Å². The smallest absolute Gasteiger partial charge is 0.194 e. The number of guanidine groups is 1. The second kappa shape index (κ2) is 11.1. The average molecular weight is 545 g/mol. The summed E-state index contributed by atoms with van der Waals surface area (Å²) in [6.45, 7) is 7.62. The largest absolute Gasteiger partial charge is 0.357 e. The van der Waals surface area contributed by atoms with Crippen molar-refractivity contribution in [2.24, 2.45) is 10.9 Å². The van der Waals surface area contributed by atoms with Crippen LogP contribution in [-0.2, 0) is 22.1 Å². The fourth-order valence-corrected chi connectivity index (χ4v) is 4.53. The van der Waals surface area contributed by atoms with Gasteiger partial charge >= 0.3 is 0 Å². The second-order valence-corrected chi connectivity index (χ2v) is 9.99. The first-order valence-electron chi connectivity index (χ1n) is 10.1. The number of benzene rings is 1. The molecule has 0 spiro atoms. The molecule has 7 nitrogen and oxygen atoms in total. The van der Waals surface area contributed by atoms with Gasteiger partial charge in [0.05, 0.1) is 24.7 Å². The average Bonchev–Trinajstić information content (AvgIpc) is 3.20. The highest BCUT2D eigenvalue weighted by molar-refractivity contribution is 14.0. The Kier molecular flexibility index (Phi) is 9.14. The monoisotopic (exact) mass is 545 g/mol. The van der Waals surface area contributed by atoms with Gasteiger partial charge in [0.25, 0.3) is 0 Å². The van der Waals surface area contributed by atoms with Crippen LogP contribution in [0.2, 0.25) is 0 Å². The molecule has 0 radical (unpaired) electrons. The van der Waals surface area contributed by atoms with E-state index in [1.165, 1.54) is 6.26 Å². The van der Waals surface area contributed by atoms with Crippen LogP contribution in [-0.4, -0.2) is 54.7 Å². The number of aromatic nitrogens is 2. The summed E-state index contributed by atoms with van der Waals surface area (Å²) in [5, 5.41) is 3.42. The summed E-state index contributed by atoms with van der Waals surface area (Å²) in [4.78, 5) is 11.4. The molecular formula is C21H32IN5O2S. The van der Waals surface area contributed by atoms with Gasteiger partial charge in [0.15, 0.2) is 15.8 Å². The van der Waals surface area contributed by atoms with Crippen molar-refractivity contribution in [2.75, 3.05) is 25.9 Å². The predicted octanol–water partition coefficient (Wildman–Crippen LogP) is 3.09. The molecule has 30 heavy (non-hydrogen) atoms. The molecule has 1 aliphatic heterocycles. The first-order chi connectivity index (χ1) is 13.9. The lowest BCUT2D eigenvalue weighted by Gasteiger charge is -2.39. The molecular weight excluding hydrogens is 513 g/mol. The van der Waals surface area contributed by atoms with Gasteiger partial charge in [0.1, 0.15) is 0 Å².